The molecule has 0 aromatic heterocycles. The minimum atomic E-state index is -5.63. The Morgan fingerprint density at radius 3 is 1.84 bits per heavy atom. The van der Waals surface area contributed by atoms with Crippen LogP contribution in [-0.2, 0) is 18.0 Å². The monoisotopic (exact) mass is 397 g/mol. The highest BCUT2D eigenvalue weighted by atomic mass is 31.3. The SMILES string of the molecule is CC(C)=CCC/C(C)=C/CC/C(C)=C/COP(=O)([O-])OP(=O)([O-])[O-].[NH4+]. The number of hydrogen-bond donors (Lipinski definition) is 1. The van der Waals surface area contributed by atoms with E-state index in [1.54, 1.807) is 6.92 Å². The first-order valence-corrected chi connectivity index (χ1v) is 10.5. The molecular weight excluding hydrogens is 368 g/mol. The molecule has 0 aromatic carbocycles. The minimum Gasteiger partial charge on any atom is -0.790 e. The van der Waals surface area contributed by atoms with Gasteiger partial charge in [0.05, 0.1) is 14.4 Å². The van der Waals surface area contributed by atoms with E-state index in [4.69, 9.17) is 0 Å². The van der Waals surface area contributed by atoms with Crippen LogP contribution in [0.25, 0.3) is 0 Å². The number of phosphoric acid groups is 2. The van der Waals surface area contributed by atoms with Gasteiger partial charge in [0.2, 0.25) is 0 Å². The zero-order valence-corrected chi connectivity index (χ0v) is 17.3. The van der Waals surface area contributed by atoms with Gasteiger partial charge in [0, 0.05) is 0 Å². The van der Waals surface area contributed by atoms with Crippen molar-refractivity contribution >= 4 is 15.6 Å². The van der Waals surface area contributed by atoms with Crippen molar-refractivity contribution in [2.75, 3.05) is 6.61 Å². The summed E-state index contributed by atoms with van der Waals surface area (Å²) in [6.45, 7) is 7.62. The van der Waals surface area contributed by atoms with Gasteiger partial charge in [0.15, 0.2) is 0 Å². The Bertz CT molecular complexity index is 574. The molecule has 0 aliphatic heterocycles. The summed E-state index contributed by atoms with van der Waals surface area (Å²) >= 11 is 0. The van der Waals surface area contributed by atoms with Crippen molar-refractivity contribution in [2.24, 2.45) is 0 Å². The van der Waals surface area contributed by atoms with E-state index in [-0.39, 0.29) is 12.8 Å². The highest BCUT2D eigenvalue weighted by Crippen LogP contribution is 2.50. The molecule has 0 aliphatic rings. The Kier molecular flexibility index (Phi) is 13.6. The summed E-state index contributed by atoms with van der Waals surface area (Å²) in [7, 11) is -10.8. The molecule has 25 heavy (non-hydrogen) atoms. The van der Waals surface area contributed by atoms with Gasteiger partial charge < -0.3 is 29.9 Å². The fourth-order valence-electron chi connectivity index (χ4n) is 1.76. The topological polar surface area (TPSA) is 158 Å². The second-order valence-electron chi connectivity index (χ2n) is 5.73. The van der Waals surface area contributed by atoms with Gasteiger partial charge in [-0.15, -0.1) is 0 Å². The van der Waals surface area contributed by atoms with Crippen LogP contribution in [0.5, 0.6) is 0 Å². The molecule has 0 aromatic rings. The Balaban J connectivity index is 0. The Morgan fingerprint density at radius 2 is 1.36 bits per heavy atom. The van der Waals surface area contributed by atoms with E-state index < -0.39 is 15.6 Å². The summed E-state index contributed by atoms with van der Waals surface area (Å²) in [5.41, 5.74) is 3.47. The quantitative estimate of drug-likeness (QED) is 0.414. The van der Waals surface area contributed by atoms with E-state index in [0.29, 0.717) is 0 Å². The first-order chi connectivity index (χ1) is 10.9. The average molecular weight is 397 g/mol. The van der Waals surface area contributed by atoms with Gasteiger partial charge in [-0.3, -0.25) is 8.88 Å². The van der Waals surface area contributed by atoms with Gasteiger partial charge in [-0.25, -0.2) is 0 Å². The van der Waals surface area contributed by atoms with Crippen LogP contribution in [0.4, 0.5) is 0 Å². The molecule has 148 valence electrons. The van der Waals surface area contributed by atoms with Crippen molar-refractivity contribution in [3.05, 3.63) is 34.9 Å². The Morgan fingerprint density at radius 1 is 0.880 bits per heavy atom. The summed E-state index contributed by atoms with van der Waals surface area (Å²) < 4.78 is 28.9. The molecule has 0 amide bonds. The van der Waals surface area contributed by atoms with Gasteiger partial charge in [-0.1, -0.05) is 34.9 Å². The van der Waals surface area contributed by atoms with E-state index >= 15 is 0 Å². The van der Waals surface area contributed by atoms with Gasteiger partial charge in [-0.2, -0.15) is 0 Å². The van der Waals surface area contributed by atoms with Crippen LogP contribution in [0, 0.1) is 0 Å². The molecule has 8 nitrogen and oxygen atoms in total. The van der Waals surface area contributed by atoms with E-state index in [0.717, 1.165) is 31.3 Å². The second kappa shape index (κ2) is 12.7. The molecule has 0 saturated carbocycles. The third-order valence-electron chi connectivity index (χ3n) is 2.99. The van der Waals surface area contributed by atoms with Crippen LogP contribution in [-0.4, -0.2) is 6.61 Å². The van der Waals surface area contributed by atoms with Crippen LogP contribution >= 0.6 is 15.6 Å². The van der Waals surface area contributed by atoms with Gasteiger partial charge in [-0.05, 0) is 53.4 Å². The Hall–Kier alpha value is -0.560. The van der Waals surface area contributed by atoms with Crippen LogP contribution in [0.2, 0.25) is 0 Å². The predicted octanol–water partition coefficient (Wildman–Crippen LogP) is 3.11. The van der Waals surface area contributed by atoms with Crippen molar-refractivity contribution in [1.29, 1.82) is 0 Å². The molecule has 0 radical (unpaired) electrons. The highest BCUT2D eigenvalue weighted by molar-refractivity contribution is 7.58. The van der Waals surface area contributed by atoms with Gasteiger partial charge in [0.1, 0.15) is 0 Å². The van der Waals surface area contributed by atoms with Crippen LogP contribution in [0.1, 0.15) is 53.4 Å². The van der Waals surface area contributed by atoms with Crippen molar-refractivity contribution in [2.45, 2.75) is 53.4 Å². The summed E-state index contributed by atoms with van der Waals surface area (Å²) in [5, 5.41) is 0. The first-order valence-electron chi connectivity index (χ1n) is 7.55. The van der Waals surface area contributed by atoms with Crippen molar-refractivity contribution in [3.63, 3.8) is 0 Å². The maximum absolute atomic E-state index is 11.0. The molecule has 4 N–H and O–H groups in total. The lowest BCUT2D eigenvalue weighted by molar-refractivity contribution is -0.339. The standard InChI is InChI=1S/C15H28O7P2.H3N/c1-13(2)7-5-8-14(3)9-6-10-15(4)11-12-21-24(19,20)22-23(16,17)18;/h7,9,11H,5-6,8,10,12H2,1-4H3,(H,19,20)(H2,16,17,18);1H3/p-2/b14-9+,15-11+;. The predicted molar refractivity (Wildman–Crippen MR) is 93.6 cm³/mol. The molecule has 0 saturated heterocycles. The largest absolute Gasteiger partial charge is 0.790 e. The molecule has 0 rings (SSSR count). The molecule has 0 spiro atoms. The summed E-state index contributed by atoms with van der Waals surface area (Å²) in [6.07, 6.45) is 9.35. The third kappa shape index (κ3) is 18.0. The van der Waals surface area contributed by atoms with E-state index in [2.05, 4.69) is 41.8 Å². The van der Waals surface area contributed by atoms with Crippen LogP contribution in [0.15, 0.2) is 34.9 Å². The molecule has 0 fully saturated rings. The third-order valence-corrected chi connectivity index (χ3v) is 5.05. The van der Waals surface area contributed by atoms with Crippen LogP contribution in [0.3, 0.4) is 0 Å². The number of phosphoric ester groups is 1. The number of quaternary nitrogens is 1. The molecule has 0 bridgehead atoms. The fourth-order valence-corrected chi connectivity index (χ4v) is 3.18. The Labute approximate surface area is 150 Å². The van der Waals surface area contributed by atoms with E-state index in [9.17, 15) is 23.8 Å². The van der Waals surface area contributed by atoms with Crippen molar-refractivity contribution in [1.82, 2.24) is 6.15 Å². The van der Waals surface area contributed by atoms with Crippen molar-refractivity contribution < 1.29 is 32.6 Å². The molecule has 1 atom stereocenters. The van der Waals surface area contributed by atoms with Crippen LogP contribution < -0.4 is 20.8 Å². The zero-order chi connectivity index (χ0) is 18.8. The smallest absolute Gasteiger partial charge is 0.272 e. The fraction of sp³-hybridized carbons (Fsp3) is 0.600. The summed E-state index contributed by atoms with van der Waals surface area (Å²) in [6, 6.07) is 0. The zero-order valence-electron chi connectivity index (χ0n) is 15.5. The molecule has 0 aliphatic carbocycles. The molecule has 0 heterocycles. The van der Waals surface area contributed by atoms with E-state index in [1.807, 2.05) is 0 Å². The maximum Gasteiger partial charge on any atom is 0.272 e. The summed E-state index contributed by atoms with van der Waals surface area (Å²) in [4.78, 5) is 31.5. The lowest BCUT2D eigenvalue weighted by Crippen LogP contribution is -2.19. The average Bonchev–Trinajstić information content (AvgIpc) is 2.34. The van der Waals surface area contributed by atoms with E-state index in [1.165, 1.54) is 17.2 Å². The second-order valence-corrected chi connectivity index (χ2v) is 8.43. The minimum absolute atomic E-state index is 0. The normalized spacial score (nSPS) is 15.3. The van der Waals surface area contributed by atoms with Crippen molar-refractivity contribution in [3.8, 4) is 0 Å². The lowest BCUT2D eigenvalue weighted by Gasteiger charge is -2.34. The summed E-state index contributed by atoms with van der Waals surface area (Å²) in [5.74, 6) is 0. The number of allylic oxidation sites excluding steroid dienone is 5. The maximum atomic E-state index is 11.0. The first kappa shape index (κ1) is 26.7. The van der Waals surface area contributed by atoms with Gasteiger partial charge in [0.25, 0.3) is 7.82 Å². The number of hydrogen-bond acceptors (Lipinski definition) is 7. The lowest BCUT2D eigenvalue weighted by atomic mass is 10.1. The molecule has 10 heteroatoms. The molecular formula is C15H29NO7P2-2. The number of rotatable bonds is 11. The van der Waals surface area contributed by atoms with Gasteiger partial charge >= 0.3 is 0 Å². The highest BCUT2D eigenvalue weighted by Gasteiger charge is 2.10. The molecule has 1 unspecified atom stereocenters.